The van der Waals surface area contributed by atoms with Crippen molar-refractivity contribution in [1.82, 2.24) is 5.32 Å². The van der Waals surface area contributed by atoms with Gasteiger partial charge in [-0.25, -0.2) is 9.69 Å². The van der Waals surface area contributed by atoms with Crippen LogP contribution in [0.5, 0.6) is 0 Å². The number of carbonyl (C=O) groups excluding carboxylic acids is 4. The summed E-state index contributed by atoms with van der Waals surface area (Å²) in [5.74, 6) is -2.63. The summed E-state index contributed by atoms with van der Waals surface area (Å²) < 4.78 is 5.32. The molecular formula is C31H23N3O7S. The molecule has 4 amide bonds. The Labute approximate surface area is 244 Å². The van der Waals surface area contributed by atoms with E-state index in [9.17, 15) is 24.0 Å². The first-order valence-electron chi connectivity index (χ1n) is 12.7. The van der Waals surface area contributed by atoms with Crippen molar-refractivity contribution in [1.29, 1.82) is 0 Å². The summed E-state index contributed by atoms with van der Waals surface area (Å²) in [6, 6.07) is 24.0. The highest BCUT2D eigenvalue weighted by molar-refractivity contribution is 8.00. The van der Waals surface area contributed by atoms with E-state index in [1.165, 1.54) is 48.4 Å². The number of aromatic carboxylic acids is 1. The summed E-state index contributed by atoms with van der Waals surface area (Å²) in [5, 5.41) is 13.8. The SMILES string of the molecule is O=C(Nc1cccc(SC2CC(=O)N(c3ccc(C(=O)O)cc3)C2=O)c1)C(=Cc1ccco1)NC(=O)c1ccccc1. The van der Waals surface area contributed by atoms with Gasteiger partial charge in [0, 0.05) is 28.6 Å². The number of benzene rings is 3. The molecule has 1 atom stereocenters. The molecule has 5 rings (SSSR count). The molecule has 0 saturated carbocycles. The zero-order valence-corrected chi connectivity index (χ0v) is 22.7. The van der Waals surface area contributed by atoms with Crippen molar-refractivity contribution >= 4 is 58.8 Å². The molecular weight excluding hydrogens is 558 g/mol. The largest absolute Gasteiger partial charge is 0.478 e. The zero-order chi connectivity index (χ0) is 29.6. The Morgan fingerprint density at radius 3 is 2.36 bits per heavy atom. The third kappa shape index (κ3) is 6.48. The highest BCUT2D eigenvalue weighted by atomic mass is 32.2. The number of thioether (sulfide) groups is 1. The predicted molar refractivity (Wildman–Crippen MR) is 156 cm³/mol. The molecule has 1 saturated heterocycles. The first-order chi connectivity index (χ1) is 20.3. The summed E-state index contributed by atoms with van der Waals surface area (Å²) >= 11 is 1.17. The third-order valence-electron chi connectivity index (χ3n) is 6.21. The van der Waals surface area contributed by atoms with Crippen molar-refractivity contribution in [3.63, 3.8) is 0 Å². The van der Waals surface area contributed by atoms with Gasteiger partial charge in [-0.15, -0.1) is 11.8 Å². The van der Waals surface area contributed by atoms with Crippen LogP contribution in [0.25, 0.3) is 6.08 Å². The number of imide groups is 1. The quantitative estimate of drug-likeness (QED) is 0.189. The molecule has 0 aliphatic carbocycles. The average Bonchev–Trinajstić information content (AvgIpc) is 3.60. The van der Waals surface area contributed by atoms with Gasteiger partial charge < -0.3 is 20.2 Å². The number of rotatable bonds is 9. The van der Waals surface area contributed by atoms with Gasteiger partial charge in [0.1, 0.15) is 11.5 Å². The standard InChI is InChI=1S/C31H23N3O7S/c35-27-18-26(30(38)34(27)22-13-11-20(12-14-22)31(39)40)42-24-10-4-8-21(16-24)32-29(37)25(17-23-9-5-15-41-23)33-28(36)19-6-2-1-3-7-19/h1-17,26H,18H2,(H,32,37)(H,33,36)(H,39,40). The van der Waals surface area contributed by atoms with E-state index in [1.54, 1.807) is 66.7 Å². The van der Waals surface area contributed by atoms with Crippen LogP contribution in [0.2, 0.25) is 0 Å². The van der Waals surface area contributed by atoms with Crippen LogP contribution in [0.4, 0.5) is 11.4 Å². The van der Waals surface area contributed by atoms with E-state index >= 15 is 0 Å². The van der Waals surface area contributed by atoms with Gasteiger partial charge in [-0.2, -0.15) is 0 Å². The van der Waals surface area contributed by atoms with Gasteiger partial charge in [0.2, 0.25) is 11.8 Å². The van der Waals surface area contributed by atoms with Crippen molar-refractivity contribution in [2.75, 3.05) is 10.2 Å². The molecule has 1 aliphatic heterocycles. The number of hydrogen-bond acceptors (Lipinski definition) is 7. The van der Waals surface area contributed by atoms with Crippen LogP contribution >= 0.6 is 11.8 Å². The molecule has 11 heteroatoms. The highest BCUT2D eigenvalue weighted by Crippen LogP contribution is 2.35. The second-order valence-electron chi connectivity index (χ2n) is 9.11. The van der Waals surface area contributed by atoms with Crippen molar-refractivity contribution in [3.8, 4) is 0 Å². The van der Waals surface area contributed by atoms with Crippen molar-refractivity contribution < 1.29 is 33.5 Å². The minimum Gasteiger partial charge on any atom is -0.478 e. The van der Waals surface area contributed by atoms with Crippen LogP contribution in [0.1, 0.15) is 32.9 Å². The number of hydrogen-bond donors (Lipinski definition) is 3. The molecule has 10 nitrogen and oxygen atoms in total. The fourth-order valence-corrected chi connectivity index (χ4v) is 5.30. The highest BCUT2D eigenvalue weighted by Gasteiger charge is 2.40. The summed E-state index contributed by atoms with van der Waals surface area (Å²) in [6.45, 7) is 0. The first-order valence-corrected chi connectivity index (χ1v) is 13.6. The van der Waals surface area contributed by atoms with Gasteiger partial charge in [0.15, 0.2) is 0 Å². The summed E-state index contributed by atoms with van der Waals surface area (Å²) in [4.78, 5) is 64.6. The number of carbonyl (C=O) groups is 5. The number of carboxylic acids is 1. The van der Waals surface area contributed by atoms with Crippen LogP contribution in [0, 0.1) is 0 Å². The van der Waals surface area contributed by atoms with Crippen molar-refractivity contribution in [2.45, 2.75) is 16.6 Å². The summed E-state index contributed by atoms with van der Waals surface area (Å²) in [7, 11) is 0. The fraction of sp³-hybridized carbons (Fsp3) is 0.0645. The molecule has 3 aromatic carbocycles. The third-order valence-corrected chi connectivity index (χ3v) is 7.39. The molecule has 1 aromatic heterocycles. The van der Waals surface area contributed by atoms with E-state index < -0.39 is 34.8 Å². The Bertz CT molecular complexity index is 1680. The molecule has 1 aliphatic rings. The maximum atomic E-state index is 13.2. The van der Waals surface area contributed by atoms with Gasteiger partial charge in [-0.3, -0.25) is 19.2 Å². The smallest absolute Gasteiger partial charge is 0.335 e. The van der Waals surface area contributed by atoms with E-state index in [0.717, 1.165) is 4.90 Å². The number of anilines is 2. The minimum absolute atomic E-state index is 0.0394. The number of carboxylic acid groups (broad SMARTS) is 1. The number of nitrogens with one attached hydrogen (secondary N) is 2. The average molecular weight is 582 g/mol. The lowest BCUT2D eigenvalue weighted by Gasteiger charge is -2.15. The molecule has 0 radical (unpaired) electrons. The normalized spacial score (nSPS) is 15.0. The number of nitrogens with zero attached hydrogens (tertiary/aromatic N) is 1. The van der Waals surface area contributed by atoms with Gasteiger partial charge in [0.05, 0.1) is 22.8 Å². The van der Waals surface area contributed by atoms with E-state index in [-0.39, 0.29) is 17.7 Å². The monoisotopic (exact) mass is 581 g/mol. The molecule has 2 heterocycles. The molecule has 42 heavy (non-hydrogen) atoms. The van der Waals surface area contributed by atoms with Crippen LogP contribution in [0.3, 0.4) is 0 Å². The van der Waals surface area contributed by atoms with Crippen molar-refractivity contribution in [3.05, 3.63) is 120 Å². The second kappa shape index (κ2) is 12.4. The maximum Gasteiger partial charge on any atom is 0.335 e. The van der Waals surface area contributed by atoms with E-state index in [2.05, 4.69) is 10.6 Å². The van der Waals surface area contributed by atoms with Crippen LogP contribution in [-0.4, -0.2) is 40.0 Å². The molecule has 210 valence electrons. The first kappa shape index (κ1) is 28.1. The fourth-order valence-electron chi connectivity index (χ4n) is 4.19. The van der Waals surface area contributed by atoms with Gasteiger partial charge >= 0.3 is 5.97 Å². The zero-order valence-electron chi connectivity index (χ0n) is 21.9. The van der Waals surface area contributed by atoms with Crippen LogP contribution in [0.15, 0.2) is 112 Å². The number of amides is 4. The lowest BCUT2D eigenvalue weighted by atomic mass is 10.2. The molecule has 0 bridgehead atoms. The van der Waals surface area contributed by atoms with E-state index in [0.29, 0.717) is 27.6 Å². The Hall–Kier alpha value is -5.42. The lowest BCUT2D eigenvalue weighted by molar-refractivity contribution is -0.121. The number of furan rings is 1. The van der Waals surface area contributed by atoms with Crippen LogP contribution < -0.4 is 15.5 Å². The summed E-state index contributed by atoms with van der Waals surface area (Å²) in [6.07, 6.45) is 2.82. The Kier molecular flexibility index (Phi) is 8.30. The Morgan fingerprint density at radius 2 is 1.67 bits per heavy atom. The van der Waals surface area contributed by atoms with Gasteiger partial charge in [-0.05, 0) is 66.7 Å². The lowest BCUT2D eigenvalue weighted by Crippen LogP contribution is -2.31. The molecule has 1 fully saturated rings. The van der Waals surface area contributed by atoms with Gasteiger partial charge in [-0.1, -0.05) is 24.3 Å². The van der Waals surface area contributed by atoms with E-state index in [4.69, 9.17) is 9.52 Å². The Balaban J connectivity index is 1.29. The predicted octanol–water partition coefficient (Wildman–Crippen LogP) is 4.81. The topological polar surface area (TPSA) is 146 Å². The molecule has 3 N–H and O–H groups in total. The van der Waals surface area contributed by atoms with Crippen molar-refractivity contribution in [2.24, 2.45) is 0 Å². The Morgan fingerprint density at radius 1 is 0.905 bits per heavy atom. The van der Waals surface area contributed by atoms with Gasteiger partial charge in [0.25, 0.3) is 11.8 Å². The maximum absolute atomic E-state index is 13.2. The minimum atomic E-state index is -1.11. The summed E-state index contributed by atoms with van der Waals surface area (Å²) in [5.41, 5.74) is 1.08. The molecule has 0 spiro atoms. The second-order valence-corrected chi connectivity index (χ2v) is 10.4. The molecule has 4 aromatic rings. The van der Waals surface area contributed by atoms with E-state index in [1.807, 2.05) is 0 Å². The molecule has 1 unspecified atom stereocenters. The van der Waals surface area contributed by atoms with Crippen LogP contribution in [-0.2, 0) is 14.4 Å².